The Balaban J connectivity index is 2.95. The molecule has 1 unspecified atom stereocenters. The summed E-state index contributed by atoms with van der Waals surface area (Å²) in [6.45, 7) is 8.29. The molecule has 0 saturated heterocycles. The summed E-state index contributed by atoms with van der Waals surface area (Å²) in [7, 11) is 0. The first-order chi connectivity index (χ1) is 8.05. The smallest absolute Gasteiger partial charge is 0.219 e. The highest BCUT2D eigenvalue weighted by molar-refractivity contribution is 5.24. The van der Waals surface area contributed by atoms with Gasteiger partial charge in [-0.25, -0.2) is 9.97 Å². The Morgan fingerprint density at radius 3 is 2.53 bits per heavy atom. The van der Waals surface area contributed by atoms with Crippen LogP contribution >= 0.6 is 0 Å². The van der Waals surface area contributed by atoms with E-state index in [0.29, 0.717) is 5.56 Å². The van der Waals surface area contributed by atoms with E-state index in [-0.39, 0.29) is 11.4 Å². The molecule has 0 N–H and O–H groups in total. The minimum absolute atomic E-state index is 0.0248. The molecule has 0 aliphatic rings. The third-order valence-corrected chi connectivity index (χ3v) is 3.71. The van der Waals surface area contributed by atoms with Gasteiger partial charge in [-0.15, -0.1) is 0 Å². The highest BCUT2D eigenvalue weighted by Crippen LogP contribution is 2.33. The van der Waals surface area contributed by atoms with Crippen LogP contribution in [0.15, 0.2) is 6.33 Å². The van der Waals surface area contributed by atoms with Crippen molar-refractivity contribution in [3.8, 4) is 0 Å². The number of nitrogens with zero attached hydrogens (tertiary/aromatic N) is 2. The van der Waals surface area contributed by atoms with Crippen LogP contribution in [0.25, 0.3) is 0 Å². The highest BCUT2D eigenvalue weighted by Gasteiger charge is 2.28. The van der Waals surface area contributed by atoms with Crippen LogP contribution < -0.4 is 0 Å². The standard InChI is InChI=1S/C14H23FN2/c1-5-7-8-9-14(4,6-2)12-11(3)13(15)17-10-16-12/h10H,5-9H2,1-4H3. The van der Waals surface area contributed by atoms with Gasteiger partial charge in [0.1, 0.15) is 6.33 Å². The molecule has 0 aliphatic heterocycles. The van der Waals surface area contributed by atoms with Crippen molar-refractivity contribution in [2.45, 2.75) is 65.2 Å². The minimum atomic E-state index is -0.384. The zero-order valence-electron chi connectivity index (χ0n) is 11.4. The first-order valence-electron chi connectivity index (χ1n) is 6.52. The Hall–Kier alpha value is -0.990. The summed E-state index contributed by atoms with van der Waals surface area (Å²) in [4.78, 5) is 7.92. The lowest BCUT2D eigenvalue weighted by Gasteiger charge is -2.29. The molecule has 0 amide bonds. The van der Waals surface area contributed by atoms with E-state index in [1.807, 2.05) is 0 Å². The summed E-state index contributed by atoms with van der Waals surface area (Å²) in [6, 6.07) is 0. The van der Waals surface area contributed by atoms with Crippen molar-refractivity contribution in [3.05, 3.63) is 23.5 Å². The van der Waals surface area contributed by atoms with Crippen LogP contribution in [0.5, 0.6) is 0 Å². The largest absolute Gasteiger partial charge is 0.240 e. The van der Waals surface area contributed by atoms with Gasteiger partial charge in [0.2, 0.25) is 5.95 Å². The first-order valence-corrected chi connectivity index (χ1v) is 6.52. The van der Waals surface area contributed by atoms with E-state index in [9.17, 15) is 4.39 Å². The van der Waals surface area contributed by atoms with E-state index >= 15 is 0 Å². The summed E-state index contributed by atoms with van der Waals surface area (Å²) in [6.07, 6.45) is 6.99. The fourth-order valence-electron chi connectivity index (χ4n) is 2.26. The monoisotopic (exact) mass is 238 g/mol. The Kier molecular flexibility index (Phi) is 5.03. The molecule has 17 heavy (non-hydrogen) atoms. The number of halogens is 1. The number of unbranched alkanes of at least 4 members (excludes halogenated alkanes) is 2. The molecule has 0 aliphatic carbocycles. The Morgan fingerprint density at radius 1 is 1.24 bits per heavy atom. The Labute approximate surface area is 104 Å². The normalized spacial score (nSPS) is 14.6. The molecule has 0 radical (unpaired) electrons. The van der Waals surface area contributed by atoms with Crippen molar-refractivity contribution in [1.82, 2.24) is 9.97 Å². The van der Waals surface area contributed by atoms with Gasteiger partial charge < -0.3 is 0 Å². The van der Waals surface area contributed by atoms with Crippen LogP contribution in [0.1, 0.15) is 64.1 Å². The first kappa shape index (κ1) is 14.1. The van der Waals surface area contributed by atoms with Gasteiger partial charge in [0.25, 0.3) is 0 Å². The van der Waals surface area contributed by atoms with Gasteiger partial charge in [-0.2, -0.15) is 4.39 Å². The maximum absolute atomic E-state index is 13.5. The summed E-state index contributed by atoms with van der Waals surface area (Å²) < 4.78 is 13.5. The Morgan fingerprint density at radius 2 is 1.94 bits per heavy atom. The summed E-state index contributed by atoms with van der Waals surface area (Å²) in [5, 5.41) is 0. The molecule has 1 aromatic rings. The summed E-state index contributed by atoms with van der Waals surface area (Å²) >= 11 is 0. The lowest BCUT2D eigenvalue weighted by atomic mass is 9.77. The second-order valence-corrected chi connectivity index (χ2v) is 5.01. The quantitative estimate of drug-likeness (QED) is 0.549. The maximum Gasteiger partial charge on any atom is 0.219 e. The lowest BCUT2D eigenvalue weighted by molar-refractivity contribution is 0.380. The minimum Gasteiger partial charge on any atom is -0.240 e. The van der Waals surface area contributed by atoms with Gasteiger partial charge in [-0.1, -0.05) is 40.0 Å². The van der Waals surface area contributed by atoms with Crippen LogP contribution in [0.2, 0.25) is 0 Å². The van der Waals surface area contributed by atoms with Gasteiger partial charge in [-0.05, 0) is 19.8 Å². The van der Waals surface area contributed by atoms with Crippen molar-refractivity contribution < 1.29 is 4.39 Å². The molecule has 0 aromatic carbocycles. The van der Waals surface area contributed by atoms with E-state index in [1.165, 1.54) is 25.6 Å². The molecule has 2 nitrogen and oxygen atoms in total. The summed E-state index contributed by atoms with van der Waals surface area (Å²) in [5.41, 5.74) is 1.46. The zero-order chi connectivity index (χ0) is 12.9. The molecule has 0 saturated carbocycles. The highest BCUT2D eigenvalue weighted by atomic mass is 19.1. The third kappa shape index (κ3) is 3.24. The third-order valence-electron chi connectivity index (χ3n) is 3.71. The molecular weight excluding hydrogens is 215 g/mol. The van der Waals surface area contributed by atoms with Gasteiger partial charge in [0.15, 0.2) is 0 Å². The molecular formula is C14H23FN2. The number of hydrogen-bond acceptors (Lipinski definition) is 2. The van der Waals surface area contributed by atoms with E-state index < -0.39 is 0 Å². The number of hydrogen-bond donors (Lipinski definition) is 0. The molecule has 0 fully saturated rings. The fraction of sp³-hybridized carbons (Fsp3) is 0.714. The van der Waals surface area contributed by atoms with Gasteiger partial charge in [0, 0.05) is 11.0 Å². The second kappa shape index (κ2) is 6.08. The van der Waals surface area contributed by atoms with Crippen LogP contribution in [0.4, 0.5) is 4.39 Å². The molecule has 1 aromatic heterocycles. The van der Waals surface area contributed by atoms with Crippen LogP contribution in [-0.4, -0.2) is 9.97 Å². The van der Waals surface area contributed by atoms with E-state index in [1.54, 1.807) is 6.92 Å². The molecule has 3 heteroatoms. The van der Waals surface area contributed by atoms with Crippen molar-refractivity contribution in [3.63, 3.8) is 0 Å². The van der Waals surface area contributed by atoms with E-state index in [2.05, 4.69) is 30.7 Å². The van der Waals surface area contributed by atoms with Crippen LogP contribution in [-0.2, 0) is 5.41 Å². The van der Waals surface area contributed by atoms with Crippen molar-refractivity contribution >= 4 is 0 Å². The average molecular weight is 238 g/mol. The van der Waals surface area contributed by atoms with Crippen molar-refractivity contribution in [2.75, 3.05) is 0 Å². The van der Waals surface area contributed by atoms with Crippen LogP contribution in [0.3, 0.4) is 0 Å². The lowest BCUT2D eigenvalue weighted by Crippen LogP contribution is -2.24. The van der Waals surface area contributed by atoms with Gasteiger partial charge >= 0.3 is 0 Å². The van der Waals surface area contributed by atoms with Gasteiger partial charge in [0.05, 0.1) is 5.69 Å². The Bertz CT molecular complexity index is 365. The average Bonchev–Trinajstić information content (AvgIpc) is 2.33. The number of aromatic nitrogens is 2. The molecule has 1 heterocycles. The van der Waals surface area contributed by atoms with E-state index in [4.69, 9.17) is 0 Å². The fourth-order valence-corrected chi connectivity index (χ4v) is 2.26. The molecule has 96 valence electrons. The molecule has 0 bridgehead atoms. The second-order valence-electron chi connectivity index (χ2n) is 5.01. The SMILES string of the molecule is CCCCCC(C)(CC)c1ncnc(F)c1C. The van der Waals surface area contributed by atoms with Crippen LogP contribution in [0, 0.1) is 12.9 Å². The predicted molar refractivity (Wildman–Crippen MR) is 68.5 cm³/mol. The topological polar surface area (TPSA) is 25.8 Å². The van der Waals surface area contributed by atoms with Crippen molar-refractivity contribution in [2.24, 2.45) is 0 Å². The molecule has 1 atom stereocenters. The van der Waals surface area contributed by atoms with Crippen molar-refractivity contribution in [1.29, 1.82) is 0 Å². The predicted octanol–water partition coefficient (Wildman–Crippen LogP) is 4.17. The molecule has 1 rings (SSSR count). The maximum atomic E-state index is 13.5. The van der Waals surface area contributed by atoms with E-state index in [0.717, 1.165) is 18.5 Å². The molecule has 0 spiro atoms. The number of rotatable bonds is 6. The zero-order valence-corrected chi connectivity index (χ0v) is 11.4. The van der Waals surface area contributed by atoms with Gasteiger partial charge in [-0.3, -0.25) is 0 Å². The summed E-state index contributed by atoms with van der Waals surface area (Å²) in [5.74, 6) is -0.384.